The molecule has 20 heavy (non-hydrogen) atoms. The molecule has 0 saturated heterocycles. The summed E-state index contributed by atoms with van der Waals surface area (Å²) in [6.45, 7) is 7.50. The van der Waals surface area contributed by atoms with Gasteiger partial charge in [-0.25, -0.2) is 4.79 Å². The Hall–Kier alpha value is -0.910. The third-order valence-corrected chi connectivity index (χ3v) is 3.70. The van der Waals surface area contributed by atoms with Gasteiger partial charge in [-0.2, -0.15) is 11.8 Å². The average Bonchev–Trinajstić information content (AvgIpc) is 2.97. The molecule has 1 aliphatic carbocycles. The number of nitrogens with one attached hydrogen (secondary N) is 2. The minimum atomic E-state index is -0.560. The van der Waals surface area contributed by atoms with Crippen LogP contribution in [0, 0.1) is 5.92 Å². The lowest BCUT2D eigenvalue weighted by Gasteiger charge is -2.23. The molecule has 1 fully saturated rings. The first kappa shape index (κ1) is 17.1. The first-order valence-electron chi connectivity index (χ1n) is 7.01. The van der Waals surface area contributed by atoms with Crippen LogP contribution in [-0.4, -0.2) is 41.7 Å². The van der Waals surface area contributed by atoms with E-state index in [4.69, 9.17) is 4.74 Å². The predicted octanol–water partition coefficient (Wildman–Crippen LogP) is 2.16. The van der Waals surface area contributed by atoms with Gasteiger partial charge in [-0.05, 0) is 51.5 Å². The van der Waals surface area contributed by atoms with E-state index < -0.39 is 17.7 Å². The van der Waals surface area contributed by atoms with E-state index in [1.807, 2.05) is 6.26 Å². The fraction of sp³-hybridized carbons (Fsp3) is 0.857. The zero-order valence-electron chi connectivity index (χ0n) is 13.0. The second-order valence-corrected chi connectivity index (χ2v) is 7.29. The molecule has 6 heteroatoms. The topological polar surface area (TPSA) is 67.4 Å². The first-order valence-corrected chi connectivity index (χ1v) is 8.41. The van der Waals surface area contributed by atoms with E-state index in [-0.39, 0.29) is 11.9 Å². The van der Waals surface area contributed by atoms with Crippen molar-refractivity contribution < 1.29 is 14.3 Å². The van der Waals surface area contributed by atoms with Crippen LogP contribution in [0.5, 0.6) is 0 Å². The zero-order chi connectivity index (χ0) is 15.3. The third-order valence-electron chi connectivity index (χ3n) is 3.06. The summed E-state index contributed by atoms with van der Waals surface area (Å²) in [5, 5.41) is 5.63. The summed E-state index contributed by atoms with van der Waals surface area (Å²) in [5.74, 6) is 1.25. The van der Waals surface area contributed by atoms with Gasteiger partial charge in [0.15, 0.2) is 0 Å². The maximum atomic E-state index is 12.2. The Bertz CT molecular complexity index is 355. The molecule has 1 saturated carbocycles. The van der Waals surface area contributed by atoms with Crippen LogP contribution < -0.4 is 10.6 Å². The molecule has 0 heterocycles. The fourth-order valence-electron chi connectivity index (χ4n) is 1.76. The molecule has 0 bridgehead atoms. The number of rotatable bonds is 6. The normalized spacial score (nSPS) is 22.9. The van der Waals surface area contributed by atoms with Crippen molar-refractivity contribution >= 4 is 23.8 Å². The van der Waals surface area contributed by atoms with Crippen LogP contribution in [0.25, 0.3) is 0 Å². The van der Waals surface area contributed by atoms with Crippen LogP contribution >= 0.6 is 11.8 Å². The second-order valence-electron chi connectivity index (χ2n) is 6.31. The molecular formula is C14H26N2O3S. The third kappa shape index (κ3) is 6.50. The Kier molecular flexibility index (Phi) is 6.17. The molecule has 116 valence electrons. The van der Waals surface area contributed by atoms with E-state index >= 15 is 0 Å². The van der Waals surface area contributed by atoms with E-state index in [2.05, 4.69) is 17.6 Å². The highest BCUT2D eigenvalue weighted by Crippen LogP contribution is 2.29. The summed E-state index contributed by atoms with van der Waals surface area (Å²) in [4.78, 5) is 23.9. The van der Waals surface area contributed by atoms with Crippen LogP contribution in [-0.2, 0) is 9.53 Å². The van der Waals surface area contributed by atoms with Gasteiger partial charge in [0.2, 0.25) is 5.91 Å². The molecule has 0 radical (unpaired) electrons. The molecule has 2 amide bonds. The summed E-state index contributed by atoms with van der Waals surface area (Å²) in [6, 6.07) is -0.259. The molecule has 0 aromatic heterocycles. The Balaban J connectivity index is 2.49. The fourth-order valence-corrected chi connectivity index (χ4v) is 2.23. The van der Waals surface area contributed by atoms with Crippen molar-refractivity contribution in [2.24, 2.45) is 5.92 Å². The van der Waals surface area contributed by atoms with Crippen molar-refractivity contribution in [1.82, 2.24) is 10.6 Å². The lowest BCUT2D eigenvalue weighted by molar-refractivity contribution is -0.123. The van der Waals surface area contributed by atoms with Gasteiger partial charge in [0, 0.05) is 6.04 Å². The highest BCUT2D eigenvalue weighted by molar-refractivity contribution is 7.98. The van der Waals surface area contributed by atoms with Gasteiger partial charge in [-0.1, -0.05) is 6.92 Å². The van der Waals surface area contributed by atoms with Crippen LogP contribution in [0.3, 0.4) is 0 Å². The maximum Gasteiger partial charge on any atom is 0.408 e. The number of hydrogen-bond donors (Lipinski definition) is 2. The Morgan fingerprint density at radius 2 is 2.00 bits per heavy atom. The predicted molar refractivity (Wildman–Crippen MR) is 81.9 cm³/mol. The number of ether oxygens (including phenoxy) is 1. The molecule has 0 aliphatic heterocycles. The Morgan fingerprint density at radius 3 is 2.45 bits per heavy atom. The average molecular weight is 302 g/mol. The maximum absolute atomic E-state index is 12.2. The molecule has 0 aromatic rings. The summed E-state index contributed by atoms with van der Waals surface area (Å²) in [5.41, 5.74) is -0.560. The van der Waals surface area contributed by atoms with Gasteiger partial charge in [-0.15, -0.1) is 0 Å². The standard InChI is InChI=1S/C14H26N2O3S/c1-9-8-11(9)15-12(17)10(6-7-20-5)16-13(18)19-14(2,3)4/h9-11H,6-8H2,1-5H3,(H,15,17)(H,16,18). The van der Waals surface area contributed by atoms with Gasteiger partial charge in [-0.3, -0.25) is 4.79 Å². The molecular weight excluding hydrogens is 276 g/mol. The minimum Gasteiger partial charge on any atom is -0.444 e. The SMILES string of the molecule is CSCCC(NC(=O)OC(C)(C)C)C(=O)NC1CC1C. The number of hydrogen-bond acceptors (Lipinski definition) is 4. The molecule has 1 rings (SSSR count). The van der Waals surface area contributed by atoms with Gasteiger partial charge < -0.3 is 15.4 Å². The first-order chi connectivity index (χ1) is 9.23. The zero-order valence-corrected chi connectivity index (χ0v) is 13.8. The second kappa shape index (κ2) is 7.20. The highest BCUT2D eigenvalue weighted by Gasteiger charge is 2.36. The molecule has 3 unspecified atom stereocenters. The van der Waals surface area contributed by atoms with Crippen LogP contribution in [0.15, 0.2) is 0 Å². The van der Waals surface area contributed by atoms with Crippen molar-refractivity contribution in [3.8, 4) is 0 Å². The van der Waals surface area contributed by atoms with Crippen molar-refractivity contribution in [2.45, 2.75) is 58.2 Å². The van der Waals surface area contributed by atoms with Crippen LogP contribution in [0.1, 0.15) is 40.5 Å². The summed E-state index contributed by atoms with van der Waals surface area (Å²) < 4.78 is 5.20. The molecule has 0 aromatic carbocycles. The van der Waals surface area contributed by atoms with Crippen molar-refractivity contribution in [1.29, 1.82) is 0 Å². The highest BCUT2D eigenvalue weighted by atomic mass is 32.2. The quantitative estimate of drug-likeness (QED) is 0.789. The Morgan fingerprint density at radius 1 is 1.40 bits per heavy atom. The molecule has 3 atom stereocenters. The van der Waals surface area contributed by atoms with Crippen LogP contribution in [0.2, 0.25) is 0 Å². The molecule has 0 spiro atoms. The molecule has 1 aliphatic rings. The van der Waals surface area contributed by atoms with E-state index in [9.17, 15) is 9.59 Å². The van der Waals surface area contributed by atoms with Crippen molar-refractivity contribution in [3.63, 3.8) is 0 Å². The van der Waals surface area contributed by atoms with E-state index in [0.29, 0.717) is 12.3 Å². The molecule has 5 nitrogen and oxygen atoms in total. The van der Waals surface area contributed by atoms with Crippen molar-refractivity contribution in [2.75, 3.05) is 12.0 Å². The van der Waals surface area contributed by atoms with Gasteiger partial charge >= 0.3 is 6.09 Å². The Labute approximate surface area is 125 Å². The lowest BCUT2D eigenvalue weighted by Crippen LogP contribution is -2.49. The number of carbonyl (C=O) groups is 2. The van der Waals surface area contributed by atoms with E-state index in [0.717, 1.165) is 12.2 Å². The number of thioether (sulfide) groups is 1. The molecule has 2 N–H and O–H groups in total. The van der Waals surface area contributed by atoms with Crippen molar-refractivity contribution in [3.05, 3.63) is 0 Å². The van der Waals surface area contributed by atoms with Gasteiger partial charge in [0.25, 0.3) is 0 Å². The summed E-state index contributed by atoms with van der Waals surface area (Å²) >= 11 is 1.65. The van der Waals surface area contributed by atoms with E-state index in [1.54, 1.807) is 32.5 Å². The monoisotopic (exact) mass is 302 g/mol. The van der Waals surface area contributed by atoms with Gasteiger partial charge in [0.05, 0.1) is 0 Å². The minimum absolute atomic E-state index is 0.112. The van der Waals surface area contributed by atoms with Gasteiger partial charge in [0.1, 0.15) is 11.6 Å². The summed E-state index contributed by atoms with van der Waals surface area (Å²) in [6.07, 6.45) is 3.06. The van der Waals surface area contributed by atoms with E-state index in [1.165, 1.54) is 0 Å². The number of alkyl carbamates (subject to hydrolysis) is 1. The van der Waals surface area contributed by atoms with Crippen LogP contribution in [0.4, 0.5) is 4.79 Å². The lowest BCUT2D eigenvalue weighted by atomic mass is 10.2. The number of carbonyl (C=O) groups excluding carboxylic acids is 2. The largest absolute Gasteiger partial charge is 0.444 e. The summed E-state index contributed by atoms with van der Waals surface area (Å²) in [7, 11) is 0. The number of amides is 2. The smallest absolute Gasteiger partial charge is 0.408 e.